The first kappa shape index (κ1) is 16.8. The van der Waals surface area contributed by atoms with Crippen molar-refractivity contribution in [2.24, 2.45) is 0 Å². The average molecular weight is 368 g/mol. The van der Waals surface area contributed by atoms with Crippen molar-refractivity contribution in [1.29, 1.82) is 0 Å². The maximum atomic E-state index is 12.2. The van der Waals surface area contributed by atoms with Gasteiger partial charge in [0.25, 0.3) is 0 Å². The Morgan fingerprint density at radius 3 is 2.69 bits per heavy atom. The van der Waals surface area contributed by atoms with Crippen molar-refractivity contribution in [3.05, 3.63) is 54.1 Å². The molecule has 1 saturated heterocycles. The van der Waals surface area contributed by atoms with Gasteiger partial charge >= 0.3 is 5.97 Å². The van der Waals surface area contributed by atoms with E-state index in [-0.39, 0.29) is 12.1 Å². The maximum Gasteiger partial charge on any atom is 0.347 e. The van der Waals surface area contributed by atoms with Gasteiger partial charge in [-0.05, 0) is 37.6 Å². The third-order valence-corrected chi connectivity index (χ3v) is 5.48. The first-order chi connectivity index (χ1) is 12.6. The molecule has 6 heteroatoms. The first-order valence-corrected chi connectivity index (χ1v) is 9.45. The summed E-state index contributed by atoms with van der Waals surface area (Å²) in [6.07, 6.45) is -0.742. The number of esters is 1. The summed E-state index contributed by atoms with van der Waals surface area (Å²) in [5, 5.41) is 0.982. The summed E-state index contributed by atoms with van der Waals surface area (Å²) in [6, 6.07) is 15.5. The quantitative estimate of drug-likeness (QED) is 0.641. The van der Waals surface area contributed by atoms with E-state index in [2.05, 4.69) is 30.0 Å². The Bertz CT molecular complexity index is 919. The van der Waals surface area contributed by atoms with Gasteiger partial charge in [-0.2, -0.15) is 0 Å². The van der Waals surface area contributed by atoms with Crippen molar-refractivity contribution in [1.82, 2.24) is 4.98 Å². The van der Waals surface area contributed by atoms with E-state index in [0.29, 0.717) is 18.8 Å². The molecule has 0 radical (unpaired) electrons. The topological polar surface area (TPSA) is 51.7 Å². The minimum Gasteiger partial charge on any atom is -0.479 e. The number of aryl methyl sites for hydroxylation is 1. The number of carbonyl (C=O) groups is 1. The molecule has 5 nitrogen and oxygen atoms in total. The monoisotopic (exact) mass is 368 g/mol. The second-order valence-corrected chi connectivity index (χ2v) is 7.46. The van der Waals surface area contributed by atoms with E-state index < -0.39 is 6.10 Å². The molecule has 0 N–H and O–H groups in total. The van der Waals surface area contributed by atoms with Crippen LogP contribution in [0, 0.1) is 6.92 Å². The van der Waals surface area contributed by atoms with Crippen LogP contribution in [0.15, 0.2) is 48.5 Å². The molecule has 1 aromatic heterocycles. The summed E-state index contributed by atoms with van der Waals surface area (Å²) in [5.41, 5.74) is 2.23. The van der Waals surface area contributed by atoms with Gasteiger partial charge < -0.3 is 14.4 Å². The second-order valence-electron chi connectivity index (χ2n) is 6.46. The lowest BCUT2D eigenvalue weighted by Crippen LogP contribution is -2.54. The molecule has 0 unspecified atom stereocenters. The molecule has 0 saturated carbocycles. The van der Waals surface area contributed by atoms with E-state index in [0.717, 1.165) is 10.6 Å². The fourth-order valence-corrected chi connectivity index (χ4v) is 3.95. The molecule has 1 aliphatic rings. The van der Waals surface area contributed by atoms with Gasteiger partial charge in [0.1, 0.15) is 11.9 Å². The lowest BCUT2D eigenvalue weighted by Gasteiger charge is -2.38. The largest absolute Gasteiger partial charge is 0.479 e. The number of rotatable bonds is 5. The zero-order valence-corrected chi connectivity index (χ0v) is 15.5. The van der Waals surface area contributed by atoms with Crippen LogP contribution in [0.2, 0.25) is 0 Å². The zero-order valence-electron chi connectivity index (χ0n) is 14.7. The number of ether oxygens (including phenoxy) is 2. The molecular formula is C20H20N2O3S. The number of fused-ring (bicyclic) bond motifs is 1. The zero-order chi connectivity index (χ0) is 18.1. The number of carbonyl (C=O) groups excluding carboxylic acids is 1. The van der Waals surface area contributed by atoms with E-state index in [1.165, 1.54) is 10.3 Å². The Morgan fingerprint density at radius 2 is 1.96 bits per heavy atom. The normalized spacial score (nSPS) is 15.5. The Balaban J connectivity index is 1.31. The molecule has 1 fully saturated rings. The highest BCUT2D eigenvalue weighted by Crippen LogP contribution is 2.33. The summed E-state index contributed by atoms with van der Waals surface area (Å²) < 4.78 is 12.3. The first-order valence-electron chi connectivity index (χ1n) is 8.63. The SMILES string of the molecule is Cc1cccc2sc(N3CC(OC(=O)[C@@H](C)Oc4ccccc4)C3)nc12. The predicted octanol–water partition coefficient (Wildman–Crippen LogP) is 3.80. The minimum absolute atomic E-state index is 0.113. The standard InChI is InChI=1S/C20H20N2O3S/c1-13-7-6-10-17-18(13)21-20(26-17)22-11-16(12-22)25-19(23)14(2)24-15-8-4-3-5-9-15/h3-10,14,16H,11-12H2,1-2H3/t14-/m1/s1. The number of hydrogen-bond acceptors (Lipinski definition) is 6. The summed E-state index contributed by atoms with van der Waals surface area (Å²) in [6.45, 7) is 5.12. The van der Waals surface area contributed by atoms with Crippen LogP contribution in [-0.4, -0.2) is 36.3 Å². The molecule has 2 aromatic carbocycles. The second kappa shape index (κ2) is 6.96. The van der Waals surface area contributed by atoms with E-state index in [1.807, 2.05) is 30.3 Å². The molecule has 3 aromatic rings. The van der Waals surface area contributed by atoms with Crippen molar-refractivity contribution in [2.75, 3.05) is 18.0 Å². The van der Waals surface area contributed by atoms with Gasteiger partial charge in [0.2, 0.25) is 0 Å². The summed E-state index contributed by atoms with van der Waals surface area (Å²) in [7, 11) is 0. The molecule has 2 heterocycles. The summed E-state index contributed by atoms with van der Waals surface area (Å²) in [4.78, 5) is 19.1. The third kappa shape index (κ3) is 3.37. The third-order valence-electron chi connectivity index (χ3n) is 4.40. The predicted molar refractivity (Wildman–Crippen MR) is 103 cm³/mol. The number of hydrogen-bond donors (Lipinski definition) is 0. The summed E-state index contributed by atoms with van der Waals surface area (Å²) >= 11 is 1.67. The van der Waals surface area contributed by atoms with Crippen LogP contribution in [0.25, 0.3) is 10.2 Å². The number of thiazole rings is 1. The Labute approximate surface area is 156 Å². The molecule has 134 valence electrons. The molecule has 0 amide bonds. The van der Waals surface area contributed by atoms with Gasteiger partial charge in [0.15, 0.2) is 11.2 Å². The van der Waals surface area contributed by atoms with Crippen LogP contribution in [0.1, 0.15) is 12.5 Å². The molecular weight excluding hydrogens is 348 g/mol. The van der Waals surface area contributed by atoms with Crippen LogP contribution < -0.4 is 9.64 Å². The highest BCUT2D eigenvalue weighted by Gasteiger charge is 2.33. The van der Waals surface area contributed by atoms with Crippen molar-refractivity contribution in [3.63, 3.8) is 0 Å². The van der Waals surface area contributed by atoms with Gasteiger partial charge in [-0.1, -0.05) is 41.7 Å². The number of anilines is 1. The lowest BCUT2D eigenvalue weighted by molar-refractivity contribution is -0.157. The molecule has 4 rings (SSSR count). The van der Waals surface area contributed by atoms with Gasteiger partial charge in [-0.25, -0.2) is 9.78 Å². The lowest BCUT2D eigenvalue weighted by atomic mass is 10.2. The molecule has 0 bridgehead atoms. The van der Waals surface area contributed by atoms with Crippen LogP contribution in [-0.2, 0) is 9.53 Å². The van der Waals surface area contributed by atoms with E-state index >= 15 is 0 Å². The summed E-state index contributed by atoms with van der Waals surface area (Å²) in [5.74, 6) is 0.329. The molecule has 0 aliphatic carbocycles. The van der Waals surface area contributed by atoms with Gasteiger partial charge in [0.05, 0.1) is 23.3 Å². The van der Waals surface area contributed by atoms with Crippen LogP contribution in [0.3, 0.4) is 0 Å². The fourth-order valence-electron chi connectivity index (χ4n) is 2.89. The minimum atomic E-state index is -0.628. The van der Waals surface area contributed by atoms with E-state index in [4.69, 9.17) is 14.5 Å². The molecule has 26 heavy (non-hydrogen) atoms. The fraction of sp³-hybridized carbons (Fsp3) is 0.300. The molecule has 0 spiro atoms. The van der Waals surface area contributed by atoms with Crippen molar-refractivity contribution >= 4 is 32.7 Å². The van der Waals surface area contributed by atoms with Crippen molar-refractivity contribution in [2.45, 2.75) is 26.1 Å². The maximum absolute atomic E-state index is 12.2. The van der Waals surface area contributed by atoms with E-state index in [9.17, 15) is 4.79 Å². The van der Waals surface area contributed by atoms with Gasteiger partial charge in [-0.15, -0.1) is 0 Å². The highest BCUT2D eigenvalue weighted by atomic mass is 32.1. The van der Waals surface area contributed by atoms with Crippen LogP contribution >= 0.6 is 11.3 Å². The Morgan fingerprint density at radius 1 is 1.19 bits per heavy atom. The van der Waals surface area contributed by atoms with Crippen molar-refractivity contribution in [3.8, 4) is 5.75 Å². The van der Waals surface area contributed by atoms with Crippen molar-refractivity contribution < 1.29 is 14.3 Å². The van der Waals surface area contributed by atoms with Gasteiger partial charge in [0, 0.05) is 0 Å². The highest BCUT2D eigenvalue weighted by molar-refractivity contribution is 7.22. The number of nitrogens with zero attached hydrogens (tertiary/aromatic N) is 2. The number of para-hydroxylation sites is 2. The Hall–Kier alpha value is -2.60. The molecule has 1 aliphatic heterocycles. The average Bonchev–Trinajstić information content (AvgIpc) is 3.03. The Kier molecular flexibility index (Phi) is 4.51. The van der Waals surface area contributed by atoms with Crippen LogP contribution in [0.4, 0.5) is 5.13 Å². The number of benzene rings is 2. The molecule has 1 atom stereocenters. The van der Waals surface area contributed by atoms with Gasteiger partial charge in [-0.3, -0.25) is 0 Å². The van der Waals surface area contributed by atoms with Crippen LogP contribution in [0.5, 0.6) is 5.75 Å². The number of aromatic nitrogens is 1. The smallest absolute Gasteiger partial charge is 0.347 e. The van der Waals surface area contributed by atoms with E-state index in [1.54, 1.807) is 18.3 Å².